The third-order valence-electron chi connectivity index (χ3n) is 3.89. The van der Waals surface area contributed by atoms with Crippen LogP contribution < -0.4 is 0 Å². The highest BCUT2D eigenvalue weighted by atomic mass is 32.1. The molecule has 0 N–H and O–H groups in total. The molecule has 1 saturated heterocycles. The summed E-state index contributed by atoms with van der Waals surface area (Å²) in [7, 11) is 0. The minimum absolute atomic E-state index is 0.0935. The molecule has 2 aromatic rings. The lowest BCUT2D eigenvalue weighted by Gasteiger charge is -2.34. The topological polar surface area (TPSA) is 36.4 Å². The Balaban J connectivity index is 1.68. The smallest absolute Gasteiger partial charge is 0.255 e. The Bertz CT molecular complexity index is 586. The third kappa shape index (κ3) is 3.14. The molecule has 0 aliphatic carbocycles. The molecule has 2 aromatic heterocycles. The first-order valence-electron chi connectivity index (χ1n) is 7.29. The molecule has 1 amide bonds. The van der Waals surface area contributed by atoms with Gasteiger partial charge in [0.05, 0.1) is 16.1 Å². The Hall–Kier alpha value is -1.72. The maximum absolute atomic E-state index is 12.5. The van der Waals surface area contributed by atoms with Gasteiger partial charge in [0.2, 0.25) is 0 Å². The molecule has 0 bridgehead atoms. The number of carbonyl (C=O) groups is 1. The summed E-state index contributed by atoms with van der Waals surface area (Å²) in [6.45, 7) is 6.74. The van der Waals surface area contributed by atoms with Gasteiger partial charge < -0.3 is 9.80 Å². The second-order valence-electron chi connectivity index (χ2n) is 5.14. The molecule has 110 valence electrons. The third-order valence-corrected chi connectivity index (χ3v) is 4.78. The fraction of sp³-hybridized carbons (Fsp3) is 0.375. The van der Waals surface area contributed by atoms with Crippen LogP contribution in [0.2, 0.25) is 0 Å². The van der Waals surface area contributed by atoms with Crippen molar-refractivity contribution in [3.63, 3.8) is 0 Å². The summed E-state index contributed by atoms with van der Waals surface area (Å²) in [4.78, 5) is 22.3. The first-order chi connectivity index (χ1) is 10.3. The number of hydrogen-bond acceptors (Lipinski definition) is 4. The van der Waals surface area contributed by atoms with Crippen molar-refractivity contribution in [2.45, 2.75) is 6.92 Å². The van der Waals surface area contributed by atoms with E-state index in [1.807, 2.05) is 34.5 Å². The number of likely N-dealkylation sites (N-methyl/N-ethyl adjacent to an activating group) is 1. The minimum Gasteiger partial charge on any atom is -0.336 e. The molecule has 0 radical (unpaired) electrons. The predicted molar refractivity (Wildman–Crippen MR) is 85.6 cm³/mol. The molecule has 3 rings (SSSR count). The van der Waals surface area contributed by atoms with E-state index in [4.69, 9.17) is 0 Å². The van der Waals surface area contributed by atoms with E-state index >= 15 is 0 Å². The minimum atomic E-state index is 0.0935. The van der Waals surface area contributed by atoms with Crippen LogP contribution >= 0.6 is 11.3 Å². The van der Waals surface area contributed by atoms with Crippen molar-refractivity contribution in [3.05, 3.63) is 41.4 Å². The van der Waals surface area contributed by atoms with Crippen LogP contribution in [-0.2, 0) is 0 Å². The molecular weight excluding hydrogens is 282 g/mol. The van der Waals surface area contributed by atoms with Crippen LogP contribution in [0, 0.1) is 0 Å². The molecule has 0 aromatic carbocycles. The zero-order valence-electron chi connectivity index (χ0n) is 12.2. The zero-order valence-corrected chi connectivity index (χ0v) is 13.0. The largest absolute Gasteiger partial charge is 0.336 e. The summed E-state index contributed by atoms with van der Waals surface area (Å²) in [5, 5.41) is 2.03. The molecule has 21 heavy (non-hydrogen) atoms. The van der Waals surface area contributed by atoms with Gasteiger partial charge in [-0.05, 0) is 30.1 Å². The average Bonchev–Trinajstić information content (AvgIpc) is 3.09. The maximum Gasteiger partial charge on any atom is 0.255 e. The van der Waals surface area contributed by atoms with Gasteiger partial charge >= 0.3 is 0 Å². The van der Waals surface area contributed by atoms with Gasteiger partial charge in [0.15, 0.2) is 0 Å². The first-order valence-corrected chi connectivity index (χ1v) is 8.17. The van der Waals surface area contributed by atoms with E-state index in [2.05, 4.69) is 16.8 Å². The molecule has 1 aliphatic heterocycles. The molecule has 4 nitrogen and oxygen atoms in total. The molecule has 3 heterocycles. The highest BCUT2D eigenvalue weighted by Crippen LogP contribution is 2.22. The quantitative estimate of drug-likeness (QED) is 0.874. The first kappa shape index (κ1) is 14.2. The summed E-state index contributed by atoms with van der Waals surface area (Å²) >= 11 is 1.66. The van der Waals surface area contributed by atoms with E-state index in [1.165, 1.54) is 0 Å². The van der Waals surface area contributed by atoms with E-state index in [1.54, 1.807) is 17.5 Å². The van der Waals surface area contributed by atoms with Crippen molar-refractivity contribution in [2.75, 3.05) is 32.7 Å². The molecule has 0 spiro atoms. The average molecular weight is 301 g/mol. The van der Waals surface area contributed by atoms with E-state index < -0.39 is 0 Å². The number of nitrogens with zero attached hydrogens (tertiary/aromatic N) is 3. The Morgan fingerprint density at radius 2 is 2.05 bits per heavy atom. The Morgan fingerprint density at radius 3 is 2.62 bits per heavy atom. The lowest BCUT2D eigenvalue weighted by atomic mass is 10.2. The van der Waals surface area contributed by atoms with E-state index in [0.29, 0.717) is 5.56 Å². The number of thiophene rings is 1. The highest BCUT2D eigenvalue weighted by Gasteiger charge is 2.21. The number of piperazine rings is 1. The number of hydrogen-bond donors (Lipinski definition) is 0. The lowest BCUT2D eigenvalue weighted by molar-refractivity contribution is 0.0643. The van der Waals surface area contributed by atoms with Crippen LogP contribution in [0.4, 0.5) is 0 Å². The van der Waals surface area contributed by atoms with E-state index in [9.17, 15) is 4.79 Å². The number of aromatic nitrogens is 1. The highest BCUT2D eigenvalue weighted by molar-refractivity contribution is 7.13. The standard InChI is InChI=1S/C16H19N3OS/c1-2-18-7-9-19(10-8-18)16(20)13-5-6-14(17-12-13)15-4-3-11-21-15/h3-6,11-12H,2,7-10H2,1H3. The van der Waals surface area contributed by atoms with Crippen LogP contribution in [-0.4, -0.2) is 53.4 Å². The molecule has 0 atom stereocenters. The second kappa shape index (κ2) is 6.37. The van der Waals surface area contributed by atoms with Gasteiger partial charge in [-0.25, -0.2) is 0 Å². The Morgan fingerprint density at radius 1 is 1.24 bits per heavy atom. The van der Waals surface area contributed by atoms with Crippen molar-refractivity contribution >= 4 is 17.2 Å². The zero-order chi connectivity index (χ0) is 14.7. The van der Waals surface area contributed by atoms with Crippen LogP contribution in [0.15, 0.2) is 35.8 Å². The second-order valence-corrected chi connectivity index (χ2v) is 6.08. The van der Waals surface area contributed by atoms with Gasteiger partial charge in [0.1, 0.15) is 0 Å². The number of carbonyl (C=O) groups excluding carboxylic acids is 1. The van der Waals surface area contributed by atoms with E-state index in [-0.39, 0.29) is 5.91 Å². The fourth-order valence-electron chi connectivity index (χ4n) is 2.54. The van der Waals surface area contributed by atoms with Crippen LogP contribution in [0.3, 0.4) is 0 Å². The van der Waals surface area contributed by atoms with Crippen molar-refractivity contribution in [3.8, 4) is 10.6 Å². The van der Waals surface area contributed by atoms with Gasteiger partial charge in [0.25, 0.3) is 5.91 Å². The van der Waals surface area contributed by atoms with Crippen LogP contribution in [0.1, 0.15) is 17.3 Å². The molecule has 5 heteroatoms. The van der Waals surface area contributed by atoms with Gasteiger partial charge in [-0.1, -0.05) is 13.0 Å². The van der Waals surface area contributed by atoms with Gasteiger partial charge in [-0.15, -0.1) is 11.3 Å². The monoisotopic (exact) mass is 301 g/mol. The summed E-state index contributed by atoms with van der Waals surface area (Å²) in [6.07, 6.45) is 1.70. The number of amides is 1. The van der Waals surface area contributed by atoms with Crippen LogP contribution in [0.5, 0.6) is 0 Å². The molecule has 1 fully saturated rings. The van der Waals surface area contributed by atoms with Gasteiger partial charge in [0, 0.05) is 32.4 Å². The maximum atomic E-state index is 12.5. The van der Waals surface area contributed by atoms with Crippen molar-refractivity contribution < 1.29 is 4.79 Å². The summed E-state index contributed by atoms with van der Waals surface area (Å²) in [5.74, 6) is 0.0935. The van der Waals surface area contributed by atoms with Crippen molar-refractivity contribution in [1.82, 2.24) is 14.8 Å². The normalized spacial score (nSPS) is 16.1. The number of pyridine rings is 1. The summed E-state index contributed by atoms with van der Waals surface area (Å²) < 4.78 is 0. The van der Waals surface area contributed by atoms with Gasteiger partial charge in [-0.2, -0.15) is 0 Å². The van der Waals surface area contributed by atoms with Gasteiger partial charge in [-0.3, -0.25) is 9.78 Å². The SMILES string of the molecule is CCN1CCN(C(=O)c2ccc(-c3cccs3)nc2)CC1. The molecule has 1 aliphatic rings. The van der Waals surface area contributed by atoms with E-state index in [0.717, 1.165) is 43.3 Å². The molecular formula is C16H19N3OS. The van der Waals surface area contributed by atoms with Crippen molar-refractivity contribution in [1.29, 1.82) is 0 Å². The Kier molecular flexibility index (Phi) is 4.31. The fourth-order valence-corrected chi connectivity index (χ4v) is 3.24. The Labute approximate surface area is 129 Å². The molecule has 0 saturated carbocycles. The molecule has 0 unspecified atom stereocenters. The summed E-state index contributed by atoms with van der Waals surface area (Å²) in [6, 6.07) is 7.87. The van der Waals surface area contributed by atoms with Crippen LogP contribution in [0.25, 0.3) is 10.6 Å². The lowest BCUT2D eigenvalue weighted by Crippen LogP contribution is -2.48. The number of rotatable bonds is 3. The predicted octanol–water partition coefficient (Wildman–Crippen LogP) is 2.59. The summed E-state index contributed by atoms with van der Waals surface area (Å²) in [5.41, 5.74) is 1.61. The van der Waals surface area contributed by atoms with Crippen molar-refractivity contribution in [2.24, 2.45) is 0 Å².